The molecule has 2 N–H and O–H groups in total. The Morgan fingerprint density at radius 3 is 2.63 bits per heavy atom. The summed E-state index contributed by atoms with van der Waals surface area (Å²) in [7, 11) is 1.61. The van der Waals surface area contributed by atoms with E-state index in [2.05, 4.69) is 10.3 Å². The van der Waals surface area contributed by atoms with Crippen LogP contribution in [0.3, 0.4) is 0 Å². The Bertz CT molecular complexity index is 1190. The van der Waals surface area contributed by atoms with E-state index in [1.807, 2.05) is 54.7 Å². The molecule has 152 valence electrons. The molecular weight excluding hydrogens is 386 g/mol. The summed E-state index contributed by atoms with van der Waals surface area (Å²) >= 11 is 0. The first kappa shape index (κ1) is 19.3. The number of methoxy groups -OCH3 is 1. The molecule has 0 saturated carbocycles. The van der Waals surface area contributed by atoms with Crippen LogP contribution in [0.2, 0.25) is 0 Å². The molecule has 0 spiro atoms. The maximum Gasteiger partial charge on any atom is 0.433 e. The van der Waals surface area contributed by atoms with Crippen LogP contribution in [0.25, 0.3) is 10.9 Å². The first-order valence-corrected chi connectivity index (χ1v) is 9.29. The summed E-state index contributed by atoms with van der Waals surface area (Å²) in [5, 5.41) is 14.7. The summed E-state index contributed by atoms with van der Waals surface area (Å²) in [5.41, 5.74) is 3.02. The maximum atomic E-state index is 12.5. The summed E-state index contributed by atoms with van der Waals surface area (Å²) in [6.45, 7) is 0.279. The molecule has 4 rings (SSSR count). The molecule has 0 fully saturated rings. The largest absolute Gasteiger partial charge is 0.497 e. The molecule has 30 heavy (non-hydrogen) atoms. The van der Waals surface area contributed by atoms with Crippen LogP contribution in [-0.2, 0) is 0 Å². The van der Waals surface area contributed by atoms with Crippen molar-refractivity contribution in [1.82, 2.24) is 10.3 Å². The van der Waals surface area contributed by atoms with Gasteiger partial charge in [0.05, 0.1) is 13.2 Å². The molecule has 0 aliphatic heterocycles. The highest BCUT2D eigenvalue weighted by Crippen LogP contribution is 2.31. The van der Waals surface area contributed by atoms with Gasteiger partial charge in [-0.15, -0.1) is 0 Å². The van der Waals surface area contributed by atoms with Crippen molar-refractivity contribution in [3.05, 3.63) is 93.9 Å². The molecule has 1 amide bonds. The minimum atomic E-state index is -0.678. The van der Waals surface area contributed by atoms with Gasteiger partial charge in [0.1, 0.15) is 10.7 Å². The number of hydrogen-bond donors (Lipinski definition) is 2. The molecule has 2 heterocycles. The third kappa shape index (κ3) is 3.75. The predicted octanol–water partition coefficient (Wildman–Crippen LogP) is 4.24. The number of hydrogen-bond acceptors (Lipinski definition) is 5. The molecule has 8 heteroatoms. The molecule has 0 aliphatic carbocycles. The van der Waals surface area contributed by atoms with Gasteiger partial charge >= 0.3 is 5.88 Å². The first-order chi connectivity index (χ1) is 14.6. The number of rotatable bonds is 7. The van der Waals surface area contributed by atoms with E-state index in [9.17, 15) is 14.9 Å². The van der Waals surface area contributed by atoms with E-state index in [1.54, 1.807) is 7.11 Å². The number of nitro groups is 1. The summed E-state index contributed by atoms with van der Waals surface area (Å²) in [6.07, 6.45) is 1.93. The Morgan fingerprint density at radius 2 is 1.93 bits per heavy atom. The van der Waals surface area contributed by atoms with E-state index >= 15 is 0 Å². The molecule has 2 aromatic heterocycles. The lowest BCUT2D eigenvalue weighted by Crippen LogP contribution is -2.28. The third-order valence-electron chi connectivity index (χ3n) is 4.98. The van der Waals surface area contributed by atoms with Crippen LogP contribution in [0, 0.1) is 10.1 Å². The van der Waals surface area contributed by atoms with Crippen molar-refractivity contribution in [2.24, 2.45) is 0 Å². The highest BCUT2D eigenvalue weighted by atomic mass is 16.6. The van der Waals surface area contributed by atoms with E-state index in [4.69, 9.17) is 9.15 Å². The van der Waals surface area contributed by atoms with Gasteiger partial charge < -0.3 is 19.5 Å². The van der Waals surface area contributed by atoms with E-state index < -0.39 is 16.7 Å². The molecular formula is C22H19N3O5. The summed E-state index contributed by atoms with van der Waals surface area (Å²) < 4.78 is 10.2. The maximum absolute atomic E-state index is 12.5. The third-order valence-corrected chi connectivity index (χ3v) is 4.98. The first-order valence-electron chi connectivity index (χ1n) is 9.29. The number of fused-ring (bicyclic) bond motifs is 1. The summed E-state index contributed by atoms with van der Waals surface area (Å²) in [6, 6.07) is 18.0. The number of amides is 1. The number of ether oxygens (including phenoxy) is 1. The number of nitrogens with zero attached hydrogens (tertiary/aromatic N) is 1. The lowest BCUT2D eigenvalue weighted by atomic mass is 9.90. The van der Waals surface area contributed by atoms with Gasteiger partial charge in [-0.1, -0.05) is 30.3 Å². The molecule has 2 aromatic carbocycles. The monoisotopic (exact) mass is 405 g/mol. The van der Waals surface area contributed by atoms with Crippen molar-refractivity contribution in [1.29, 1.82) is 0 Å². The fourth-order valence-corrected chi connectivity index (χ4v) is 3.46. The molecule has 1 atom stereocenters. The van der Waals surface area contributed by atoms with Gasteiger partial charge in [0.25, 0.3) is 5.91 Å². The SMILES string of the molecule is COc1ccc(C(CNC(=O)c2ccc([N+](=O)[O-])o2)c2c[nH]c3ccccc23)cc1. The Hall–Kier alpha value is -4.07. The number of benzene rings is 2. The van der Waals surface area contributed by atoms with Crippen LogP contribution < -0.4 is 10.1 Å². The fraction of sp³-hybridized carbons (Fsp3) is 0.136. The van der Waals surface area contributed by atoms with Crippen LogP contribution in [-0.4, -0.2) is 29.5 Å². The number of carbonyl (C=O) groups is 1. The second-order valence-electron chi connectivity index (χ2n) is 6.72. The van der Waals surface area contributed by atoms with Gasteiger partial charge in [0.2, 0.25) is 0 Å². The highest BCUT2D eigenvalue weighted by molar-refractivity contribution is 5.92. The van der Waals surface area contributed by atoms with Gasteiger partial charge in [-0.25, -0.2) is 0 Å². The molecule has 1 unspecified atom stereocenters. The normalized spacial score (nSPS) is 11.9. The number of H-pyrrole nitrogens is 1. The van der Waals surface area contributed by atoms with Crippen molar-refractivity contribution >= 4 is 22.7 Å². The van der Waals surface area contributed by atoms with Crippen molar-refractivity contribution in [2.45, 2.75) is 5.92 Å². The van der Waals surface area contributed by atoms with Crippen molar-refractivity contribution in [3.8, 4) is 5.75 Å². The van der Waals surface area contributed by atoms with Crippen molar-refractivity contribution in [3.63, 3.8) is 0 Å². The summed E-state index contributed by atoms with van der Waals surface area (Å²) in [5.74, 6) is -0.497. The van der Waals surface area contributed by atoms with Crippen LogP contribution in [0.5, 0.6) is 5.75 Å². The molecule has 4 aromatic rings. The zero-order valence-corrected chi connectivity index (χ0v) is 16.1. The minimum absolute atomic E-state index is 0.103. The Labute approximate surface area is 171 Å². The van der Waals surface area contributed by atoms with Crippen LogP contribution >= 0.6 is 0 Å². The number of aromatic amines is 1. The van der Waals surface area contributed by atoms with Crippen LogP contribution in [0.1, 0.15) is 27.6 Å². The standard InChI is InChI=1S/C22H19N3O5/c1-29-15-8-6-14(7-9-15)17(18-13-23-19-5-3-2-4-16(18)19)12-24-22(26)20-10-11-21(30-20)25(27)28/h2-11,13,17,23H,12H2,1H3,(H,24,26). The van der Waals surface area contributed by atoms with Crippen LogP contribution in [0.15, 0.2) is 71.3 Å². The second kappa shape index (κ2) is 8.12. The molecule has 0 aliphatic rings. The predicted molar refractivity (Wildman–Crippen MR) is 111 cm³/mol. The average molecular weight is 405 g/mol. The number of carbonyl (C=O) groups excluding carboxylic acids is 1. The summed E-state index contributed by atoms with van der Waals surface area (Å²) in [4.78, 5) is 25.9. The van der Waals surface area contributed by atoms with Crippen molar-refractivity contribution in [2.75, 3.05) is 13.7 Å². The quantitative estimate of drug-likeness (QED) is 0.353. The van der Waals surface area contributed by atoms with Crippen molar-refractivity contribution < 1.29 is 18.9 Å². The lowest BCUT2D eigenvalue weighted by molar-refractivity contribution is -0.402. The Morgan fingerprint density at radius 1 is 1.17 bits per heavy atom. The second-order valence-corrected chi connectivity index (χ2v) is 6.72. The van der Waals surface area contributed by atoms with Gasteiger partial charge in [0.15, 0.2) is 5.76 Å². The van der Waals surface area contributed by atoms with Gasteiger partial charge in [0, 0.05) is 29.6 Å². The topological polar surface area (TPSA) is 110 Å². The van der Waals surface area contributed by atoms with Crippen LogP contribution in [0.4, 0.5) is 5.88 Å². The molecule has 0 saturated heterocycles. The van der Waals surface area contributed by atoms with Gasteiger partial charge in [-0.3, -0.25) is 14.9 Å². The molecule has 8 nitrogen and oxygen atoms in total. The minimum Gasteiger partial charge on any atom is -0.497 e. The van der Waals surface area contributed by atoms with Gasteiger partial charge in [-0.2, -0.15) is 0 Å². The van der Waals surface area contributed by atoms with E-state index in [0.29, 0.717) is 0 Å². The van der Waals surface area contributed by atoms with E-state index in [-0.39, 0.29) is 18.2 Å². The Kier molecular flexibility index (Phi) is 5.21. The molecule has 0 radical (unpaired) electrons. The number of para-hydroxylation sites is 1. The van der Waals surface area contributed by atoms with E-state index in [0.717, 1.165) is 33.8 Å². The number of aromatic nitrogens is 1. The zero-order valence-electron chi connectivity index (χ0n) is 16.1. The number of furan rings is 1. The zero-order chi connectivity index (χ0) is 21.1. The lowest BCUT2D eigenvalue weighted by Gasteiger charge is -2.18. The number of nitrogens with one attached hydrogen (secondary N) is 2. The molecule has 0 bridgehead atoms. The average Bonchev–Trinajstić information content (AvgIpc) is 3.42. The highest BCUT2D eigenvalue weighted by Gasteiger charge is 2.22. The Balaban J connectivity index is 1.63. The van der Waals surface area contributed by atoms with E-state index in [1.165, 1.54) is 6.07 Å². The smallest absolute Gasteiger partial charge is 0.433 e. The fourth-order valence-electron chi connectivity index (χ4n) is 3.46. The van der Waals surface area contributed by atoms with Gasteiger partial charge in [-0.05, 0) is 35.4 Å².